The Morgan fingerprint density at radius 2 is 1.36 bits per heavy atom. The van der Waals surface area contributed by atoms with Crippen LogP contribution in [-0.4, -0.2) is 108 Å². The summed E-state index contributed by atoms with van der Waals surface area (Å²) in [5.74, 6) is -0.472. The third-order valence-electron chi connectivity index (χ3n) is 10.4. The molecule has 7 rings (SSSR count). The molecule has 17 nitrogen and oxygen atoms in total. The van der Waals surface area contributed by atoms with E-state index < -0.39 is 11.8 Å². The van der Waals surface area contributed by atoms with E-state index in [1.54, 1.807) is 19.1 Å². The van der Waals surface area contributed by atoms with E-state index >= 15 is 0 Å². The molecule has 1 unspecified atom stereocenters. The van der Waals surface area contributed by atoms with E-state index in [1.165, 1.54) is 0 Å². The van der Waals surface area contributed by atoms with Crippen molar-refractivity contribution in [2.24, 2.45) is 11.5 Å². The topological polar surface area (TPSA) is 216 Å². The van der Waals surface area contributed by atoms with Gasteiger partial charge in [0.25, 0.3) is 11.8 Å². The number of nitrogens with two attached hydrogens (primary N) is 2. The number of primary amides is 2. The normalized spacial score (nSPS) is 14.6. The first-order valence-corrected chi connectivity index (χ1v) is 19.7. The largest absolute Gasteiger partial charge is 0.379 e. The Morgan fingerprint density at radius 3 is 2.00 bits per heavy atom. The average Bonchev–Trinajstić information content (AvgIpc) is 3.25. The lowest BCUT2D eigenvalue weighted by Gasteiger charge is -2.36. The molecule has 8 N–H and O–H groups in total. The molecule has 0 bridgehead atoms. The predicted molar refractivity (Wildman–Crippen MR) is 231 cm³/mol. The number of rotatable bonds is 15. The molecule has 0 spiro atoms. The standard InChI is InChI=1S/C42H50N14O3/c1-28(47-36-24-37(49-51-40(36)42(44)59)48-31-8-10-32(11-9-31)54-18-16-45-17-19-54)27-56(34-14-12-33(13-15-34)55-22-20-53(21-23-55)29(2)57)38-25-35(39(41(43)58)52-50-38)46-26-30-6-4-3-5-7-30/h3-15,24-25,28,45H,16-23,26-27H2,1-2H3,(H2,43,58)(H2,44,59)(H,46,50)(H2,47,48,49). The van der Waals surface area contributed by atoms with Gasteiger partial charge in [-0.15, -0.1) is 20.4 Å². The van der Waals surface area contributed by atoms with Crippen molar-refractivity contribution in [2.75, 3.05) is 89.6 Å². The molecule has 2 aliphatic heterocycles. The number of piperazine rings is 2. The number of hydrogen-bond donors (Lipinski definition) is 6. The Kier molecular flexibility index (Phi) is 12.6. The number of hydrogen-bond acceptors (Lipinski definition) is 14. The van der Waals surface area contributed by atoms with Gasteiger partial charge in [0.15, 0.2) is 23.0 Å². The number of carbonyl (C=O) groups is 3. The third kappa shape index (κ3) is 10.1. The maximum atomic E-state index is 12.6. The SMILES string of the molecule is CC(=O)N1CCN(c2ccc(N(CC(C)Nc3cc(Nc4ccc(N5CCNCC5)cc4)nnc3C(N)=O)c3cc(NCc4ccccc4)c(C(N)=O)nn3)cc2)CC1. The molecule has 0 radical (unpaired) electrons. The van der Waals surface area contributed by atoms with Crippen molar-refractivity contribution in [3.05, 3.63) is 108 Å². The lowest BCUT2D eigenvalue weighted by atomic mass is 10.1. The van der Waals surface area contributed by atoms with Crippen LogP contribution in [0, 0.1) is 0 Å². The van der Waals surface area contributed by atoms with Crippen molar-refractivity contribution in [1.29, 1.82) is 0 Å². The molecule has 2 aliphatic rings. The van der Waals surface area contributed by atoms with Gasteiger partial charge in [-0.3, -0.25) is 14.4 Å². The molecule has 2 aromatic heterocycles. The highest BCUT2D eigenvalue weighted by Crippen LogP contribution is 2.31. The summed E-state index contributed by atoms with van der Waals surface area (Å²) in [4.78, 5) is 45.4. The smallest absolute Gasteiger partial charge is 0.271 e. The molecule has 17 heteroatoms. The molecule has 5 aromatic rings. The highest BCUT2D eigenvalue weighted by molar-refractivity contribution is 5.97. The molecule has 3 amide bonds. The summed E-state index contributed by atoms with van der Waals surface area (Å²) in [5.41, 5.74) is 17.2. The highest BCUT2D eigenvalue weighted by atomic mass is 16.2. The van der Waals surface area contributed by atoms with Crippen LogP contribution in [0.2, 0.25) is 0 Å². The van der Waals surface area contributed by atoms with Gasteiger partial charge in [0, 0.05) is 113 Å². The Morgan fingerprint density at radius 1 is 0.746 bits per heavy atom. The number of anilines is 8. The maximum Gasteiger partial charge on any atom is 0.271 e. The zero-order valence-corrected chi connectivity index (χ0v) is 33.3. The fourth-order valence-corrected chi connectivity index (χ4v) is 7.23. The van der Waals surface area contributed by atoms with Crippen LogP contribution in [0.15, 0.2) is 91.0 Å². The number of carbonyl (C=O) groups excluding carboxylic acids is 3. The van der Waals surface area contributed by atoms with Gasteiger partial charge in [-0.25, -0.2) is 0 Å². The van der Waals surface area contributed by atoms with Crippen LogP contribution < -0.4 is 47.4 Å². The fraction of sp³-hybridized carbons (Fsp3) is 0.310. The summed E-state index contributed by atoms with van der Waals surface area (Å²) in [6.07, 6.45) is 0. The summed E-state index contributed by atoms with van der Waals surface area (Å²) in [5, 5.41) is 30.6. The quantitative estimate of drug-likeness (QED) is 0.0894. The Hall–Kier alpha value is -7.01. The molecule has 2 saturated heterocycles. The Bertz CT molecular complexity index is 2230. The molecule has 1 atom stereocenters. The average molecular weight is 799 g/mol. The maximum absolute atomic E-state index is 12.6. The molecule has 306 valence electrons. The first-order chi connectivity index (χ1) is 28.6. The van der Waals surface area contributed by atoms with Crippen LogP contribution in [0.25, 0.3) is 0 Å². The molecule has 4 heterocycles. The highest BCUT2D eigenvalue weighted by Gasteiger charge is 2.23. The second-order valence-electron chi connectivity index (χ2n) is 14.6. The van der Waals surface area contributed by atoms with Crippen molar-refractivity contribution in [1.82, 2.24) is 30.6 Å². The molecular formula is C42H50N14O3. The van der Waals surface area contributed by atoms with Crippen molar-refractivity contribution in [3.63, 3.8) is 0 Å². The van der Waals surface area contributed by atoms with Crippen molar-refractivity contribution in [3.8, 4) is 0 Å². The van der Waals surface area contributed by atoms with Gasteiger partial charge in [0.2, 0.25) is 5.91 Å². The molecule has 0 saturated carbocycles. The Labute approximate surface area is 343 Å². The second-order valence-corrected chi connectivity index (χ2v) is 14.6. The van der Waals surface area contributed by atoms with Crippen LogP contribution in [-0.2, 0) is 11.3 Å². The summed E-state index contributed by atoms with van der Waals surface area (Å²) in [7, 11) is 0. The van der Waals surface area contributed by atoms with Gasteiger partial charge in [-0.05, 0) is 61.0 Å². The van der Waals surface area contributed by atoms with Gasteiger partial charge < -0.3 is 52.3 Å². The monoisotopic (exact) mass is 798 g/mol. The number of nitrogens with one attached hydrogen (secondary N) is 4. The van der Waals surface area contributed by atoms with Crippen LogP contribution in [0.5, 0.6) is 0 Å². The first-order valence-electron chi connectivity index (χ1n) is 19.7. The minimum atomic E-state index is -0.724. The summed E-state index contributed by atoms with van der Waals surface area (Å²) >= 11 is 0. The van der Waals surface area contributed by atoms with Crippen LogP contribution in [0.3, 0.4) is 0 Å². The number of nitrogens with zero attached hydrogens (tertiary/aromatic N) is 8. The van der Waals surface area contributed by atoms with Gasteiger partial charge in [-0.2, -0.15) is 0 Å². The minimum absolute atomic E-state index is 0.00442. The molecular weight excluding hydrogens is 749 g/mol. The summed E-state index contributed by atoms with van der Waals surface area (Å²) in [6.45, 7) is 10.9. The fourth-order valence-electron chi connectivity index (χ4n) is 7.23. The lowest BCUT2D eigenvalue weighted by Crippen LogP contribution is -2.48. The summed E-state index contributed by atoms with van der Waals surface area (Å²) < 4.78 is 0. The Balaban J connectivity index is 1.14. The zero-order chi connectivity index (χ0) is 41.3. The van der Waals surface area contributed by atoms with Crippen LogP contribution >= 0.6 is 0 Å². The van der Waals surface area contributed by atoms with E-state index in [2.05, 4.69) is 63.6 Å². The van der Waals surface area contributed by atoms with Gasteiger partial charge >= 0.3 is 0 Å². The predicted octanol–water partition coefficient (Wildman–Crippen LogP) is 3.54. The van der Waals surface area contributed by atoms with E-state index in [0.29, 0.717) is 49.2 Å². The molecule has 59 heavy (non-hydrogen) atoms. The lowest BCUT2D eigenvalue weighted by molar-refractivity contribution is -0.129. The van der Waals surface area contributed by atoms with Gasteiger partial charge in [0.1, 0.15) is 0 Å². The first kappa shape index (κ1) is 40.2. The van der Waals surface area contributed by atoms with E-state index in [1.807, 2.05) is 83.5 Å². The molecule has 3 aromatic carbocycles. The van der Waals surface area contributed by atoms with Gasteiger partial charge in [-0.1, -0.05) is 30.3 Å². The van der Waals surface area contributed by atoms with Gasteiger partial charge in [0.05, 0.1) is 11.4 Å². The van der Waals surface area contributed by atoms with Crippen molar-refractivity contribution < 1.29 is 14.4 Å². The van der Waals surface area contributed by atoms with E-state index in [-0.39, 0.29) is 23.3 Å². The molecule has 2 fully saturated rings. The second kappa shape index (κ2) is 18.5. The molecule has 0 aliphatic carbocycles. The number of amides is 3. The number of benzene rings is 3. The van der Waals surface area contributed by atoms with Crippen molar-refractivity contribution >= 4 is 63.5 Å². The van der Waals surface area contributed by atoms with E-state index in [4.69, 9.17) is 11.5 Å². The summed E-state index contributed by atoms with van der Waals surface area (Å²) in [6, 6.07) is 29.1. The van der Waals surface area contributed by atoms with E-state index in [9.17, 15) is 14.4 Å². The van der Waals surface area contributed by atoms with E-state index in [0.717, 1.165) is 67.6 Å². The van der Waals surface area contributed by atoms with Crippen LogP contribution in [0.1, 0.15) is 40.4 Å². The van der Waals surface area contributed by atoms with Crippen molar-refractivity contribution in [2.45, 2.75) is 26.4 Å². The third-order valence-corrected chi connectivity index (χ3v) is 10.4. The van der Waals surface area contributed by atoms with Crippen LogP contribution in [0.4, 0.5) is 45.8 Å². The minimum Gasteiger partial charge on any atom is -0.379 e. The zero-order valence-electron chi connectivity index (χ0n) is 33.3. The number of aromatic nitrogens is 4.